The highest BCUT2D eigenvalue weighted by molar-refractivity contribution is 7.17. The lowest BCUT2D eigenvalue weighted by Crippen LogP contribution is -2.33. The summed E-state index contributed by atoms with van der Waals surface area (Å²) in [5, 5.41) is 11.6. The van der Waals surface area contributed by atoms with Gasteiger partial charge in [-0.1, -0.05) is 11.6 Å². The summed E-state index contributed by atoms with van der Waals surface area (Å²) in [6.07, 6.45) is 4.31. The average molecular weight is 286 g/mol. The van der Waals surface area contributed by atoms with Crippen molar-refractivity contribution in [1.82, 2.24) is 5.32 Å². The third kappa shape index (κ3) is 3.11. The third-order valence-corrected chi connectivity index (χ3v) is 4.10. The number of thiophene rings is 1. The van der Waals surface area contributed by atoms with E-state index in [-0.39, 0.29) is 12.5 Å². The first-order valence-corrected chi connectivity index (χ1v) is 6.66. The van der Waals surface area contributed by atoms with Crippen LogP contribution in [0.15, 0.2) is 18.2 Å². The van der Waals surface area contributed by atoms with Crippen molar-refractivity contribution in [1.29, 1.82) is 0 Å². The fraction of sp³-hybridized carbons (Fsp3) is 0.333. The Kier molecular flexibility index (Phi) is 3.73. The van der Waals surface area contributed by atoms with Crippen molar-refractivity contribution in [3.05, 3.63) is 27.4 Å². The van der Waals surface area contributed by atoms with Crippen LogP contribution in [0, 0.1) is 5.41 Å². The van der Waals surface area contributed by atoms with Crippen LogP contribution in [0.25, 0.3) is 6.08 Å². The standard InChI is InChI=1S/C12H12ClNO3S/c13-9-3-1-8(18-9)2-4-10(15)14-7-12(5-6-12)11(16)17/h1-4H,5-7H2,(H,14,15)(H,16,17)/b4-2+. The summed E-state index contributed by atoms with van der Waals surface area (Å²) >= 11 is 7.13. The van der Waals surface area contributed by atoms with E-state index in [9.17, 15) is 9.59 Å². The maximum Gasteiger partial charge on any atom is 0.311 e. The molecule has 0 saturated heterocycles. The number of carbonyl (C=O) groups is 2. The van der Waals surface area contributed by atoms with Gasteiger partial charge in [-0.15, -0.1) is 11.3 Å². The van der Waals surface area contributed by atoms with Gasteiger partial charge in [-0.3, -0.25) is 9.59 Å². The molecular formula is C12H12ClNO3S. The van der Waals surface area contributed by atoms with Crippen LogP contribution < -0.4 is 5.32 Å². The minimum atomic E-state index is -0.836. The van der Waals surface area contributed by atoms with Gasteiger partial charge in [0.2, 0.25) is 5.91 Å². The Bertz CT molecular complexity index is 505. The second-order valence-electron chi connectivity index (χ2n) is 4.28. The van der Waals surface area contributed by atoms with Gasteiger partial charge in [-0.2, -0.15) is 0 Å². The van der Waals surface area contributed by atoms with Crippen molar-refractivity contribution in [2.45, 2.75) is 12.8 Å². The van der Waals surface area contributed by atoms with Gasteiger partial charge >= 0.3 is 5.97 Å². The SMILES string of the molecule is O=C(/C=C/c1ccc(Cl)s1)NCC1(C(=O)O)CC1. The van der Waals surface area contributed by atoms with Crippen LogP contribution in [0.4, 0.5) is 0 Å². The molecule has 0 atom stereocenters. The number of amides is 1. The van der Waals surface area contributed by atoms with Gasteiger partial charge in [0.1, 0.15) is 0 Å². The number of halogens is 1. The second kappa shape index (κ2) is 5.12. The van der Waals surface area contributed by atoms with E-state index >= 15 is 0 Å². The molecule has 1 saturated carbocycles. The summed E-state index contributed by atoms with van der Waals surface area (Å²) in [5.74, 6) is -1.12. The van der Waals surface area contributed by atoms with Gasteiger partial charge in [0.15, 0.2) is 0 Å². The van der Waals surface area contributed by atoms with Crippen molar-refractivity contribution in [2.24, 2.45) is 5.41 Å². The number of carbonyl (C=O) groups excluding carboxylic acids is 1. The maximum atomic E-state index is 11.5. The fourth-order valence-electron chi connectivity index (χ4n) is 1.51. The van der Waals surface area contributed by atoms with Gasteiger partial charge in [0.05, 0.1) is 9.75 Å². The molecule has 1 aliphatic carbocycles. The van der Waals surface area contributed by atoms with Gasteiger partial charge in [-0.05, 0) is 31.1 Å². The van der Waals surface area contributed by atoms with E-state index in [1.807, 2.05) is 6.07 Å². The minimum absolute atomic E-state index is 0.191. The van der Waals surface area contributed by atoms with E-state index in [1.54, 1.807) is 12.1 Å². The Hall–Kier alpha value is -1.33. The molecule has 2 rings (SSSR count). The smallest absolute Gasteiger partial charge is 0.311 e. The molecule has 4 nitrogen and oxygen atoms in total. The molecule has 1 aliphatic rings. The quantitative estimate of drug-likeness (QED) is 0.817. The fourth-order valence-corrected chi connectivity index (χ4v) is 2.47. The number of aliphatic carboxylic acids is 1. The van der Waals surface area contributed by atoms with Crippen molar-refractivity contribution in [3.8, 4) is 0 Å². The minimum Gasteiger partial charge on any atom is -0.481 e. The van der Waals surface area contributed by atoms with Crippen LogP contribution >= 0.6 is 22.9 Å². The van der Waals surface area contributed by atoms with E-state index in [4.69, 9.17) is 16.7 Å². The molecule has 6 heteroatoms. The monoisotopic (exact) mass is 285 g/mol. The van der Waals surface area contributed by atoms with Crippen LogP contribution in [-0.4, -0.2) is 23.5 Å². The number of nitrogens with one attached hydrogen (secondary N) is 1. The first kappa shape index (κ1) is 13.1. The van der Waals surface area contributed by atoms with E-state index < -0.39 is 11.4 Å². The van der Waals surface area contributed by atoms with Crippen molar-refractivity contribution in [3.63, 3.8) is 0 Å². The molecule has 1 amide bonds. The summed E-state index contributed by atoms with van der Waals surface area (Å²) in [5.41, 5.74) is -0.726. The predicted molar refractivity (Wildman–Crippen MR) is 70.7 cm³/mol. The highest BCUT2D eigenvalue weighted by Gasteiger charge is 2.50. The normalized spacial score (nSPS) is 16.7. The molecule has 0 unspecified atom stereocenters. The Morgan fingerprint density at radius 1 is 1.50 bits per heavy atom. The van der Waals surface area contributed by atoms with Crippen LogP contribution in [0.3, 0.4) is 0 Å². The Balaban J connectivity index is 1.82. The van der Waals surface area contributed by atoms with Crippen LogP contribution in [0.1, 0.15) is 17.7 Å². The molecule has 1 fully saturated rings. The molecule has 18 heavy (non-hydrogen) atoms. The van der Waals surface area contributed by atoms with Crippen LogP contribution in [0.2, 0.25) is 4.34 Å². The average Bonchev–Trinajstić information content (AvgIpc) is 3.02. The van der Waals surface area contributed by atoms with Crippen LogP contribution in [-0.2, 0) is 9.59 Å². The largest absolute Gasteiger partial charge is 0.481 e. The predicted octanol–water partition coefficient (Wildman–Crippen LogP) is 2.40. The first-order chi connectivity index (χ1) is 8.52. The number of hydrogen-bond acceptors (Lipinski definition) is 3. The van der Waals surface area contributed by atoms with Gasteiger partial charge in [0.25, 0.3) is 0 Å². The molecule has 1 heterocycles. The molecule has 2 N–H and O–H groups in total. The van der Waals surface area contributed by atoms with Crippen molar-refractivity contribution >= 4 is 40.9 Å². The van der Waals surface area contributed by atoms with Gasteiger partial charge in [-0.25, -0.2) is 0 Å². The lowest BCUT2D eigenvalue weighted by molar-refractivity contribution is -0.143. The van der Waals surface area contributed by atoms with E-state index in [0.717, 1.165) is 4.88 Å². The summed E-state index contributed by atoms with van der Waals surface area (Å²) in [6, 6.07) is 3.57. The zero-order valence-electron chi connectivity index (χ0n) is 9.48. The molecular weight excluding hydrogens is 274 g/mol. The van der Waals surface area contributed by atoms with Crippen molar-refractivity contribution < 1.29 is 14.7 Å². The number of hydrogen-bond donors (Lipinski definition) is 2. The highest BCUT2D eigenvalue weighted by atomic mass is 35.5. The summed E-state index contributed by atoms with van der Waals surface area (Å²) in [7, 11) is 0. The number of carboxylic acid groups (broad SMARTS) is 1. The van der Waals surface area contributed by atoms with Gasteiger partial charge < -0.3 is 10.4 Å². The van der Waals surface area contributed by atoms with E-state index in [2.05, 4.69) is 5.32 Å². The zero-order chi connectivity index (χ0) is 13.2. The van der Waals surface area contributed by atoms with E-state index in [0.29, 0.717) is 17.2 Å². The number of rotatable bonds is 5. The molecule has 96 valence electrons. The zero-order valence-corrected chi connectivity index (χ0v) is 11.1. The summed E-state index contributed by atoms with van der Waals surface area (Å²) < 4.78 is 0.665. The topological polar surface area (TPSA) is 66.4 Å². The molecule has 1 aromatic heterocycles. The third-order valence-electron chi connectivity index (χ3n) is 2.90. The lowest BCUT2D eigenvalue weighted by atomic mass is 10.1. The lowest BCUT2D eigenvalue weighted by Gasteiger charge is -2.09. The maximum absolute atomic E-state index is 11.5. The highest BCUT2D eigenvalue weighted by Crippen LogP contribution is 2.45. The summed E-state index contributed by atoms with van der Waals surface area (Å²) in [6.45, 7) is 0.191. The van der Waals surface area contributed by atoms with Gasteiger partial charge in [0, 0.05) is 17.5 Å². The van der Waals surface area contributed by atoms with Crippen LogP contribution in [0.5, 0.6) is 0 Å². The number of carboxylic acids is 1. The Morgan fingerprint density at radius 2 is 2.22 bits per heavy atom. The first-order valence-electron chi connectivity index (χ1n) is 5.46. The Labute approximate surface area is 113 Å². The van der Waals surface area contributed by atoms with E-state index in [1.165, 1.54) is 17.4 Å². The molecule has 0 aliphatic heterocycles. The van der Waals surface area contributed by atoms with Crippen molar-refractivity contribution in [2.75, 3.05) is 6.54 Å². The Morgan fingerprint density at radius 3 is 2.72 bits per heavy atom. The molecule has 1 aromatic rings. The summed E-state index contributed by atoms with van der Waals surface area (Å²) in [4.78, 5) is 23.3. The molecule has 0 spiro atoms. The second-order valence-corrected chi connectivity index (χ2v) is 6.03. The molecule has 0 radical (unpaired) electrons. The molecule has 0 bridgehead atoms. The molecule has 0 aromatic carbocycles.